The zero-order chi connectivity index (χ0) is 24.4. The molecule has 1 aliphatic heterocycles. The van der Waals surface area contributed by atoms with Crippen LogP contribution < -0.4 is 10.6 Å². The van der Waals surface area contributed by atoms with Crippen molar-refractivity contribution in [2.24, 2.45) is 0 Å². The van der Waals surface area contributed by atoms with Crippen molar-refractivity contribution < 1.29 is 4.79 Å². The van der Waals surface area contributed by atoms with Gasteiger partial charge in [-0.1, -0.05) is 89.6 Å². The molecule has 4 aromatic rings. The molecule has 1 aliphatic rings. The molecule has 0 spiro atoms. The van der Waals surface area contributed by atoms with Crippen LogP contribution >= 0.6 is 11.8 Å². The standard InChI is InChI=1S/C28H27N5OS/c1-18-12-14-22(15-13-18)25-24(26(34)30-23-10-5-4-6-11-23)20(3)29-27-31-28(32-33(25)27)35-17-21-9-7-8-19(2)16-21/h4-16,25H,17H2,1-3H3,(H,30,34)(H,29,31,32)/t25-/m0/s1. The molecule has 176 valence electrons. The minimum Gasteiger partial charge on any atom is -0.328 e. The highest BCUT2D eigenvalue weighted by molar-refractivity contribution is 7.98. The van der Waals surface area contributed by atoms with Crippen molar-refractivity contribution in [1.29, 1.82) is 0 Å². The largest absolute Gasteiger partial charge is 0.328 e. The van der Waals surface area contributed by atoms with Crippen molar-refractivity contribution >= 4 is 29.3 Å². The van der Waals surface area contributed by atoms with Gasteiger partial charge in [-0.15, -0.1) is 5.10 Å². The van der Waals surface area contributed by atoms with Gasteiger partial charge in [0.25, 0.3) is 5.91 Å². The molecule has 35 heavy (non-hydrogen) atoms. The molecule has 0 saturated carbocycles. The van der Waals surface area contributed by atoms with E-state index in [0.29, 0.717) is 16.7 Å². The number of benzene rings is 3. The average molecular weight is 482 g/mol. The molecule has 1 atom stereocenters. The second-order valence-electron chi connectivity index (χ2n) is 8.74. The van der Waals surface area contributed by atoms with Crippen molar-refractivity contribution in [3.8, 4) is 0 Å². The lowest BCUT2D eigenvalue weighted by molar-refractivity contribution is -0.113. The SMILES string of the molecule is CC1=C(C(=O)Nc2ccccc2)[C@H](c2ccc(C)cc2)n2nc(SCc3cccc(C)c3)nc2N1. The summed E-state index contributed by atoms with van der Waals surface area (Å²) in [7, 11) is 0. The fourth-order valence-corrected chi connectivity index (χ4v) is 4.99. The van der Waals surface area contributed by atoms with Crippen LogP contribution in [0.2, 0.25) is 0 Å². The van der Waals surface area contributed by atoms with E-state index < -0.39 is 6.04 Å². The molecule has 0 unspecified atom stereocenters. The Hall–Kier alpha value is -3.84. The highest BCUT2D eigenvalue weighted by Gasteiger charge is 2.34. The zero-order valence-electron chi connectivity index (χ0n) is 19.9. The number of carbonyl (C=O) groups excluding carboxylic acids is 1. The van der Waals surface area contributed by atoms with Crippen molar-refractivity contribution in [2.45, 2.75) is 37.7 Å². The summed E-state index contributed by atoms with van der Waals surface area (Å²) in [5.41, 5.74) is 6.73. The fourth-order valence-electron chi connectivity index (χ4n) is 4.21. The number of nitrogens with one attached hydrogen (secondary N) is 2. The highest BCUT2D eigenvalue weighted by atomic mass is 32.2. The number of aryl methyl sites for hydroxylation is 2. The number of hydrogen-bond donors (Lipinski definition) is 2. The van der Waals surface area contributed by atoms with Crippen LogP contribution in [0.1, 0.15) is 35.2 Å². The summed E-state index contributed by atoms with van der Waals surface area (Å²) in [5, 5.41) is 11.9. The van der Waals surface area contributed by atoms with E-state index in [2.05, 4.69) is 73.0 Å². The second kappa shape index (κ2) is 9.80. The first-order chi connectivity index (χ1) is 17.0. The monoisotopic (exact) mass is 481 g/mol. The molecule has 2 heterocycles. The van der Waals surface area contributed by atoms with E-state index in [9.17, 15) is 4.79 Å². The number of hydrogen-bond acceptors (Lipinski definition) is 5. The van der Waals surface area contributed by atoms with E-state index in [-0.39, 0.29) is 5.91 Å². The maximum absolute atomic E-state index is 13.5. The molecule has 0 saturated heterocycles. The van der Waals surface area contributed by atoms with Gasteiger partial charge in [0.2, 0.25) is 11.1 Å². The molecule has 0 radical (unpaired) electrons. The van der Waals surface area contributed by atoms with Crippen LogP contribution in [-0.4, -0.2) is 20.7 Å². The quantitative estimate of drug-likeness (QED) is 0.325. The molecule has 7 heteroatoms. The Bertz CT molecular complexity index is 1390. The number of nitrogens with zero attached hydrogens (tertiary/aromatic N) is 3. The van der Waals surface area contributed by atoms with Gasteiger partial charge >= 0.3 is 0 Å². The Morgan fingerprint density at radius 1 is 0.971 bits per heavy atom. The molecule has 0 aliphatic carbocycles. The second-order valence-corrected chi connectivity index (χ2v) is 9.68. The topological polar surface area (TPSA) is 71.8 Å². The number of thioether (sulfide) groups is 1. The highest BCUT2D eigenvalue weighted by Crippen LogP contribution is 2.37. The molecule has 0 bridgehead atoms. The van der Waals surface area contributed by atoms with Crippen LogP contribution in [-0.2, 0) is 10.5 Å². The molecule has 0 fully saturated rings. The van der Waals surface area contributed by atoms with Gasteiger partial charge in [-0.05, 0) is 44.0 Å². The number of para-hydroxylation sites is 1. The Morgan fingerprint density at radius 3 is 2.49 bits per heavy atom. The van der Waals surface area contributed by atoms with Crippen molar-refractivity contribution in [2.75, 3.05) is 10.6 Å². The maximum atomic E-state index is 13.5. The van der Waals surface area contributed by atoms with Gasteiger partial charge < -0.3 is 10.6 Å². The lowest BCUT2D eigenvalue weighted by atomic mass is 9.94. The van der Waals surface area contributed by atoms with Gasteiger partial charge in [0.15, 0.2) is 0 Å². The van der Waals surface area contributed by atoms with Crippen LogP contribution in [0.5, 0.6) is 0 Å². The van der Waals surface area contributed by atoms with Gasteiger partial charge in [0, 0.05) is 17.1 Å². The van der Waals surface area contributed by atoms with E-state index in [1.165, 1.54) is 11.1 Å². The first-order valence-corrected chi connectivity index (χ1v) is 12.5. The van der Waals surface area contributed by atoms with Gasteiger partial charge in [-0.2, -0.15) is 4.98 Å². The predicted octanol–water partition coefficient (Wildman–Crippen LogP) is 6.11. The molecule has 2 N–H and O–H groups in total. The predicted molar refractivity (Wildman–Crippen MR) is 141 cm³/mol. The van der Waals surface area contributed by atoms with Crippen LogP contribution in [0.4, 0.5) is 11.6 Å². The van der Waals surface area contributed by atoms with Crippen molar-refractivity contribution in [3.63, 3.8) is 0 Å². The summed E-state index contributed by atoms with van der Waals surface area (Å²) in [5.74, 6) is 1.24. The first kappa shape index (κ1) is 22.9. The lowest BCUT2D eigenvalue weighted by Crippen LogP contribution is -2.31. The smallest absolute Gasteiger partial charge is 0.255 e. The number of fused-ring (bicyclic) bond motifs is 1. The first-order valence-electron chi connectivity index (χ1n) is 11.5. The third kappa shape index (κ3) is 5.00. The third-order valence-corrected chi connectivity index (χ3v) is 6.86. The Morgan fingerprint density at radius 2 is 1.74 bits per heavy atom. The fraction of sp³-hybridized carbons (Fsp3) is 0.179. The Labute approximate surface area is 209 Å². The Balaban J connectivity index is 1.48. The molecule has 5 rings (SSSR count). The summed E-state index contributed by atoms with van der Waals surface area (Å²) in [6.45, 7) is 6.06. The molecule has 6 nitrogen and oxygen atoms in total. The van der Waals surface area contributed by atoms with Crippen LogP contribution in [0.25, 0.3) is 0 Å². The number of amides is 1. The van der Waals surface area contributed by atoms with Crippen LogP contribution in [0, 0.1) is 13.8 Å². The van der Waals surface area contributed by atoms with Crippen LogP contribution in [0.3, 0.4) is 0 Å². The van der Waals surface area contributed by atoms with E-state index in [0.717, 1.165) is 28.3 Å². The molecule has 1 amide bonds. The van der Waals surface area contributed by atoms with E-state index in [4.69, 9.17) is 10.1 Å². The van der Waals surface area contributed by atoms with Crippen LogP contribution in [0.15, 0.2) is 95.3 Å². The summed E-state index contributed by atoms with van der Waals surface area (Å²) in [4.78, 5) is 18.3. The lowest BCUT2D eigenvalue weighted by Gasteiger charge is -2.28. The number of rotatable bonds is 6. The summed E-state index contributed by atoms with van der Waals surface area (Å²) in [6.07, 6.45) is 0. The van der Waals surface area contributed by atoms with Gasteiger partial charge in [0.1, 0.15) is 6.04 Å². The van der Waals surface area contributed by atoms with E-state index in [1.807, 2.05) is 41.9 Å². The zero-order valence-corrected chi connectivity index (χ0v) is 20.8. The molecular weight excluding hydrogens is 454 g/mol. The number of allylic oxidation sites excluding steroid dienone is 1. The molecule has 1 aromatic heterocycles. The average Bonchev–Trinajstić information content (AvgIpc) is 3.25. The summed E-state index contributed by atoms with van der Waals surface area (Å²) < 4.78 is 1.83. The number of anilines is 2. The van der Waals surface area contributed by atoms with Crippen molar-refractivity contribution in [1.82, 2.24) is 14.8 Å². The van der Waals surface area contributed by atoms with E-state index >= 15 is 0 Å². The Kier molecular flexibility index (Phi) is 6.42. The van der Waals surface area contributed by atoms with Crippen molar-refractivity contribution in [3.05, 3.63) is 112 Å². The third-order valence-electron chi connectivity index (χ3n) is 5.95. The minimum absolute atomic E-state index is 0.165. The normalized spacial score (nSPS) is 14.9. The number of carbonyl (C=O) groups is 1. The molecular formula is C28H27N5OS. The van der Waals surface area contributed by atoms with Gasteiger partial charge in [0.05, 0.1) is 5.57 Å². The van der Waals surface area contributed by atoms with Gasteiger partial charge in [-0.25, -0.2) is 4.68 Å². The maximum Gasteiger partial charge on any atom is 0.255 e. The molecule has 3 aromatic carbocycles. The van der Waals surface area contributed by atoms with E-state index in [1.54, 1.807) is 11.8 Å². The summed E-state index contributed by atoms with van der Waals surface area (Å²) in [6, 6.07) is 25.8. The number of aromatic nitrogens is 3. The minimum atomic E-state index is -0.392. The summed E-state index contributed by atoms with van der Waals surface area (Å²) >= 11 is 1.59. The van der Waals surface area contributed by atoms with Gasteiger partial charge in [-0.3, -0.25) is 4.79 Å².